The summed E-state index contributed by atoms with van der Waals surface area (Å²) in [6, 6.07) is 6.97. The summed E-state index contributed by atoms with van der Waals surface area (Å²) >= 11 is 2.29. The Labute approximate surface area is 111 Å². The largest absolute Gasteiger partial charge is 0.398 e. The molecule has 2 N–H and O–H groups in total. The monoisotopic (exact) mass is 331 g/mol. The molecule has 0 amide bonds. The lowest BCUT2D eigenvalue weighted by atomic mass is 10.2. The lowest BCUT2D eigenvalue weighted by molar-refractivity contribution is 0.315. The summed E-state index contributed by atoms with van der Waals surface area (Å²) in [5.74, 6) is 0. The number of benzene rings is 1. The molecule has 0 bridgehead atoms. The molecule has 2 rings (SSSR count). The van der Waals surface area contributed by atoms with Gasteiger partial charge in [0.1, 0.15) is 0 Å². The number of likely N-dealkylation sites (N-methyl/N-ethyl adjacent to an activating group) is 1. The molecule has 3 nitrogen and oxygen atoms in total. The van der Waals surface area contributed by atoms with Crippen LogP contribution in [0.1, 0.15) is 6.42 Å². The molecule has 1 atom stereocenters. The highest BCUT2D eigenvalue weighted by Crippen LogP contribution is 2.26. The van der Waals surface area contributed by atoms with Crippen LogP contribution in [0.25, 0.3) is 0 Å². The Morgan fingerprint density at radius 3 is 2.75 bits per heavy atom. The Kier molecular flexibility index (Phi) is 3.59. The molecule has 0 spiro atoms. The van der Waals surface area contributed by atoms with E-state index in [1.165, 1.54) is 12.1 Å². The van der Waals surface area contributed by atoms with Gasteiger partial charge in [0.25, 0.3) is 0 Å². The second kappa shape index (κ2) is 4.79. The molecule has 1 aliphatic rings. The first kappa shape index (κ1) is 12.0. The summed E-state index contributed by atoms with van der Waals surface area (Å²) < 4.78 is 1.14. The van der Waals surface area contributed by atoms with Gasteiger partial charge in [-0.05, 0) is 61.3 Å². The number of nitrogens with zero attached hydrogens (tertiary/aromatic N) is 2. The van der Waals surface area contributed by atoms with Crippen molar-refractivity contribution in [3.8, 4) is 0 Å². The predicted octanol–water partition coefficient (Wildman–Crippen LogP) is 2.01. The van der Waals surface area contributed by atoms with Gasteiger partial charge in [-0.15, -0.1) is 0 Å². The molecule has 1 fully saturated rings. The fourth-order valence-electron chi connectivity index (χ4n) is 2.11. The summed E-state index contributed by atoms with van der Waals surface area (Å²) in [5.41, 5.74) is 7.99. The zero-order valence-electron chi connectivity index (χ0n) is 9.78. The summed E-state index contributed by atoms with van der Waals surface area (Å²) in [6.07, 6.45) is 1.24. The molecule has 4 heteroatoms. The number of anilines is 2. The van der Waals surface area contributed by atoms with Crippen LogP contribution in [0.3, 0.4) is 0 Å². The molecular formula is C12H18IN3. The van der Waals surface area contributed by atoms with E-state index in [0.29, 0.717) is 6.04 Å². The maximum absolute atomic E-state index is 5.83. The molecule has 0 aliphatic carbocycles. The van der Waals surface area contributed by atoms with Gasteiger partial charge >= 0.3 is 0 Å². The summed E-state index contributed by atoms with van der Waals surface area (Å²) in [4.78, 5) is 4.74. The molecule has 16 heavy (non-hydrogen) atoms. The van der Waals surface area contributed by atoms with Crippen molar-refractivity contribution in [2.45, 2.75) is 12.5 Å². The van der Waals surface area contributed by atoms with Gasteiger partial charge in [-0.25, -0.2) is 0 Å². The van der Waals surface area contributed by atoms with E-state index in [0.717, 1.165) is 22.3 Å². The predicted molar refractivity (Wildman–Crippen MR) is 77.9 cm³/mol. The Morgan fingerprint density at radius 1 is 1.44 bits per heavy atom. The first-order valence-corrected chi connectivity index (χ1v) is 6.62. The molecule has 0 radical (unpaired) electrons. The van der Waals surface area contributed by atoms with Crippen molar-refractivity contribution in [1.29, 1.82) is 0 Å². The third-order valence-electron chi connectivity index (χ3n) is 3.24. The highest BCUT2D eigenvalue weighted by Gasteiger charge is 2.24. The van der Waals surface area contributed by atoms with E-state index in [1.54, 1.807) is 0 Å². The third-order valence-corrected chi connectivity index (χ3v) is 4.18. The molecule has 1 aromatic carbocycles. The molecule has 1 saturated heterocycles. The Morgan fingerprint density at radius 2 is 2.19 bits per heavy atom. The van der Waals surface area contributed by atoms with E-state index < -0.39 is 0 Å². The second-order valence-corrected chi connectivity index (χ2v) is 5.72. The van der Waals surface area contributed by atoms with E-state index in [2.05, 4.69) is 58.6 Å². The van der Waals surface area contributed by atoms with Gasteiger partial charge in [-0.1, -0.05) is 0 Å². The molecule has 0 unspecified atom stereocenters. The van der Waals surface area contributed by atoms with Crippen molar-refractivity contribution in [2.24, 2.45) is 0 Å². The maximum Gasteiger partial charge on any atom is 0.0451 e. The minimum absolute atomic E-state index is 0.676. The average Bonchev–Trinajstić information content (AvgIpc) is 2.71. The number of hydrogen-bond acceptors (Lipinski definition) is 3. The Bertz CT molecular complexity index is 379. The van der Waals surface area contributed by atoms with Crippen LogP contribution in [0.2, 0.25) is 0 Å². The fraction of sp³-hybridized carbons (Fsp3) is 0.500. The zero-order chi connectivity index (χ0) is 11.7. The SMILES string of the molecule is CN(C)[C@@H]1CCN(c2ccc(N)c(I)c2)C1. The quantitative estimate of drug-likeness (QED) is 0.665. The summed E-state index contributed by atoms with van der Waals surface area (Å²) in [7, 11) is 4.31. The van der Waals surface area contributed by atoms with Gasteiger partial charge in [-0.2, -0.15) is 0 Å². The Hall–Kier alpha value is -0.490. The lowest BCUT2D eigenvalue weighted by Crippen LogP contribution is -2.31. The molecular weight excluding hydrogens is 313 g/mol. The highest BCUT2D eigenvalue weighted by atomic mass is 127. The number of nitrogens with two attached hydrogens (primary N) is 1. The fourth-order valence-corrected chi connectivity index (χ4v) is 2.61. The van der Waals surface area contributed by atoms with E-state index >= 15 is 0 Å². The zero-order valence-corrected chi connectivity index (χ0v) is 11.9. The number of halogens is 1. The van der Waals surface area contributed by atoms with Crippen LogP contribution in [-0.2, 0) is 0 Å². The molecule has 0 saturated carbocycles. The molecule has 1 aromatic rings. The van der Waals surface area contributed by atoms with Gasteiger partial charge in [0.2, 0.25) is 0 Å². The second-order valence-electron chi connectivity index (χ2n) is 4.56. The molecule has 1 aliphatic heterocycles. The highest BCUT2D eigenvalue weighted by molar-refractivity contribution is 14.1. The number of hydrogen-bond donors (Lipinski definition) is 1. The van der Waals surface area contributed by atoms with Crippen LogP contribution in [0.15, 0.2) is 18.2 Å². The van der Waals surface area contributed by atoms with Crippen LogP contribution in [0, 0.1) is 3.57 Å². The smallest absolute Gasteiger partial charge is 0.0451 e. The Balaban J connectivity index is 2.11. The average molecular weight is 331 g/mol. The topological polar surface area (TPSA) is 32.5 Å². The number of rotatable bonds is 2. The first-order valence-electron chi connectivity index (χ1n) is 5.54. The van der Waals surface area contributed by atoms with Crippen LogP contribution in [-0.4, -0.2) is 38.1 Å². The van der Waals surface area contributed by atoms with Crippen molar-refractivity contribution in [1.82, 2.24) is 4.90 Å². The molecule has 88 valence electrons. The molecule has 1 heterocycles. The third kappa shape index (κ3) is 2.43. The summed E-state index contributed by atoms with van der Waals surface area (Å²) in [6.45, 7) is 2.26. The normalized spacial score (nSPS) is 20.8. The van der Waals surface area contributed by atoms with E-state index in [4.69, 9.17) is 5.73 Å². The van der Waals surface area contributed by atoms with Crippen molar-refractivity contribution in [3.05, 3.63) is 21.8 Å². The van der Waals surface area contributed by atoms with E-state index in [-0.39, 0.29) is 0 Å². The van der Waals surface area contributed by atoms with Crippen molar-refractivity contribution in [2.75, 3.05) is 37.8 Å². The van der Waals surface area contributed by atoms with Crippen LogP contribution in [0.5, 0.6) is 0 Å². The minimum Gasteiger partial charge on any atom is -0.398 e. The standard InChI is InChI=1S/C12H18IN3/c1-15(2)10-5-6-16(8-10)9-3-4-12(14)11(13)7-9/h3-4,7,10H,5-6,8,14H2,1-2H3/t10-/m1/s1. The van der Waals surface area contributed by atoms with E-state index in [9.17, 15) is 0 Å². The van der Waals surface area contributed by atoms with Crippen molar-refractivity contribution >= 4 is 34.0 Å². The van der Waals surface area contributed by atoms with Crippen LogP contribution >= 0.6 is 22.6 Å². The number of nitrogen functional groups attached to an aromatic ring is 1. The van der Waals surface area contributed by atoms with Crippen molar-refractivity contribution < 1.29 is 0 Å². The van der Waals surface area contributed by atoms with E-state index in [1.807, 2.05) is 6.07 Å². The van der Waals surface area contributed by atoms with Crippen LogP contribution in [0.4, 0.5) is 11.4 Å². The van der Waals surface area contributed by atoms with Gasteiger partial charge in [0.05, 0.1) is 0 Å². The lowest BCUT2D eigenvalue weighted by Gasteiger charge is -2.22. The minimum atomic E-state index is 0.676. The van der Waals surface area contributed by atoms with Gasteiger partial charge < -0.3 is 15.5 Å². The maximum atomic E-state index is 5.83. The van der Waals surface area contributed by atoms with Gasteiger partial charge in [-0.3, -0.25) is 0 Å². The summed E-state index contributed by atoms with van der Waals surface area (Å²) in [5, 5.41) is 0. The van der Waals surface area contributed by atoms with Gasteiger partial charge in [0, 0.05) is 34.1 Å². The van der Waals surface area contributed by atoms with Crippen LogP contribution < -0.4 is 10.6 Å². The van der Waals surface area contributed by atoms with Crippen molar-refractivity contribution in [3.63, 3.8) is 0 Å². The molecule has 0 aromatic heterocycles. The first-order chi connectivity index (χ1) is 7.58. The van der Waals surface area contributed by atoms with Gasteiger partial charge in [0.15, 0.2) is 0 Å².